The van der Waals surface area contributed by atoms with Crippen LogP contribution in [0, 0.1) is 6.92 Å². The van der Waals surface area contributed by atoms with E-state index in [1.165, 1.54) is 11.3 Å². The molecule has 60 valence electrons. The van der Waals surface area contributed by atoms with Gasteiger partial charge in [0.2, 0.25) is 6.41 Å². The normalized spacial score (nSPS) is 12.5. The first kappa shape index (κ1) is 8.13. The van der Waals surface area contributed by atoms with Crippen LogP contribution in [-0.4, -0.2) is 16.6 Å². The zero-order valence-corrected chi connectivity index (χ0v) is 7.18. The predicted molar refractivity (Wildman–Crippen MR) is 42.3 cm³/mol. The van der Waals surface area contributed by atoms with Crippen molar-refractivity contribution in [3.05, 3.63) is 10.0 Å². The van der Waals surface area contributed by atoms with Crippen LogP contribution in [0.3, 0.4) is 0 Å². The minimum absolute atomic E-state index is 0.0290. The van der Waals surface area contributed by atoms with Crippen LogP contribution in [-0.2, 0) is 4.79 Å². The van der Waals surface area contributed by atoms with Gasteiger partial charge in [-0.2, -0.15) is 0 Å². The molecule has 0 aliphatic rings. The Morgan fingerprint density at radius 3 is 2.82 bits per heavy atom. The van der Waals surface area contributed by atoms with Gasteiger partial charge in [-0.3, -0.25) is 4.79 Å². The molecule has 1 amide bonds. The van der Waals surface area contributed by atoms with E-state index in [9.17, 15) is 4.79 Å². The standard InChI is InChI=1S/C6H9N3OS/c1-4(7-3-10)6-9-8-5(2)11-6/h3-4H,1-2H3,(H,7,10). The second-order valence-corrected chi connectivity index (χ2v) is 3.38. The van der Waals surface area contributed by atoms with Crippen LogP contribution in [0.15, 0.2) is 0 Å². The number of carbonyl (C=O) groups excluding carboxylic acids is 1. The lowest BCUT2D eigenvalue weighted by molar-refractivity contribution is -0.110. The first-order chi connectivity index (χ1) is 5.24. The Bertz CT molecular complexity index is 248. The van der Waals surface area contributed by atoms with E-state index < -0.39 is 0 Å². The van der Waals surface area contributed by atoms with Crippen LogP contribution >= 0.6 is 11.3 Å². The summed E-state index contributed by atoms with van der Waals surface area (Å²) in [5, 5.41) is 12.1. The smallest absolute Gasteiger partial charge is 0.207 e. The zero-order valence-electron chi connectivity index (χ0n) is 6.37. The molecule has 1 rings (SSSR count). The highest BCUT2D eigenvalue weighted by Gasteiger charge is 2.07. The van der Waals surface area contributed by atoms with E-state index in [0.29, 0.717) is 6.41 Å². The van der Waals surface area contributed by atoms with Crippen molar-refractivity contribution in [2.75, 3.05) is 0 Å². The quantitative estimate of drug-likeness (QED) is 0.679. The van der Waals surface area contributed by atoms with Gasteiger partial charge in [0.25, 0.3) is 0 Å². The number of aromatic nitrogens is 2. The molecule has 0 saturated carbocycles. The maximum atomic E-state index is 10.0. The maximum Gasteiger partial charge on any atom is 0.207 e. The van der Waals surface area contributed by atoms with Crippen molar-refractivity contribution < 1.29 is 4.79 Å². The average Bonchev–Trinajstić information content (AvgIpc) is 2.36. The van der Waals surface area contributed by atoms with Gasteiger partial charge >= 0.3 is 0 Å². The first-order valence-corrected chi connectivity index (χ1v) is 4.05. The highest BCUT2D eigenvalue weighted by Crippen LogP contribution is 2.15. The fourth-order valence-corrected chi connectivity index (χ4v) is 1.37. The lowest BCUT2D eigenvalue weighted by Gasteiger charge is -2.02. The van der Waals surface area contributed by atoms with Crippen LogP contribution in [0.25, 0.3) is 0 Å². The van der Waals surface area contributed by atoms with E-state index in [1.54, 1.807) is 0 Å². The molecule has 1 N–H and O–H groups in total. The molecule has 0 aliphatic carbocycles. The summed E-state index contributed by atoms with van der Waals surface area (Å²) >= 11 is 1.49. The monoisotopic (exact) mass is 171 g/mol. The molecular formula is C6H9N3OS. The van der Waals surface area contributed by atoms with Gasteiger partial charge in [-0.05, 0) is 13.8 Å². The van der Waals surface area contributed by atoms with E-state index in [4.69, 9.17) is 0 Å². The third kappa shape index (κ3) is 1.98. The van der Waals surface area contributed by atoms with Crippen molar-refractivity contribution in [2.45, 2.75) is 19.9 Å². The van der Waals surface area contributed by atoms with Gasteiger partial charge in [0.1, 0.15) is 10.0 Å². The molecule has 0 fully saturated rings. The molecule has 1 aromatic heterocycles. The SMILES string of the molecule is Cc1nnc(C(C)NC=O)s1. The predicted octanol–water partition coefficient (Wildman–Crippen LogP) is 0.654. The Labute approximate surface area is 68.7 Å². The van der Waals surface area contributed by atoms with Crippen molar-refractivity contribution in [2.24, 2.45) is 0 Å². The summed E-state index contributed by atoms with van der Waals surface area (Å²) in [5.41, 5.74) is 0. The van der Waals surface area contributed by atoms with E-state index in [0.717, 1.165) is 10.0 Å². The third-order valence-corrected chi connectivity index (χ3v) is 2.25. The van der Waals surface area contributed by atoms with Gasteiger partial charge in [-0.1, -0.05) is 11.3 Å². The van der Waals surface area contributed by atoms with Crippen LogP contribution in [0.2, 0.25) is 0 Å². The summed E-state index contributed by atoms with van der Waals surface area (Å²) in [5.74, 6) is 0. The minimum atomic E-state index is -0.0290. The molecule has 0 aliphatic heterocycles. The lowest BCUT2D eigenvalue weighted by Crippen LogP contribution is -2.15. The number of rotatable bonds is 3. The van der Waals surface area contributed by atoms with Gasteiger partial charge in [0, 0.05) is 0 Å². The number of hydrogen-bond acceptors (Lipinski definition) is 4. The summed E-state index contributed by atoms with van der Waals surface area (Å²) in [6.07, 6.45) is 0.668. The number of aryl methyl sites for hydroxylation is 1. The van der Waals surface area contributed by atoms with E-state index >= 15 is 0 Å². The largest absolute Gasteiger partial charge is 0.350 e. The van der Waals surface area contributed by atoms with Gasteiger partial charge < -0.3 is 5.32 Å². The average molecular weight is 171 g/mol. The molecule has 0 radical (unpaired) electrons. The minimum Gasteiger partial charge on any atom is -0.350 e. The topological polar surface area (TPSA) is 54.9 Å². The van der Waals surface area contributed by atoms with Gasteiger partial charge in [0.15, 0.2) is 0 Å². The van der Waals surface area contributed by atoms with Crippen LogP contribution in [0.1, 0.15) is 23.0 Å². The van der Waals surface area contributed by atoms with Gasteiger partial charge in [-0.15, -0.1) is 10.2 Å². The second-order valence-electron chi connectivity index (χ2n) is 2.17. The van der Waals surface area contributed by atoms with Crippen molar-refractivity contribution >= 4 is 17.7 Å². The second kappa shape index (κ2) is 3.43. The molecule has 1 heterocycles. The van der Waals surface area contributed by atoms with E-state index in [2.05, 4.69) is 15.5 Å². The van der Waals surface area contributed by atoms with E-state index in [-0.39, 0.29) is 6.04 Å². The molecular weight excluding hydrogens is 162 g/mol. The Hall–Kier alpha value is -0.970. The molecule has 0 spiro atoms. The summed E-state index contributed by atoms with van der Waals surface area (Å²) in [4.78, 5) is 10.0. The first-order valence-electron chi connectivity index (χ1n) is 3.23. The molecule has 0 aromatic carbocycles. The fraction of sp³-hybridized carbons (Fsp3) is 0.500. The number of nitrogens with zero attached hydrogens (tertiary/aromatic N) is 2. The van der Waals surface area contributed by atoms with Crippen molar-refractivity contribution in [1.29, 1.82) is 0 Å². The third-order valence-electron chi connectivity index (χ3n) is 1.23. The molecule has 0 saturated heterocycles. The molecule has 5 heteroatoms. The highest BCUT2D eigenvalue weighted by molar-refractivity contribution is 7.11. The maximum absolute atomic E-state index is 10.0. The molecule has 1 atom stereocenters. The highest BCUT2D eigenvalue weighted by atomic mass is 32.1. The summed E-state index contributed by atoms with van der Waals surface area (Å²) in [6, 6.07) is -0.0290. The summed E-state index contributed by atoms with van der Waals surface area (Å²) in [7, 11) is 0. The zero-order chi connectivity index (χ0) is 8.27. The Morgan fingerprint density at radius 1 is 1.64 bits per heavy atom. The number of amides is 1. The number of hydrogen-bond donors (Lipinski definition) is 1. The van der Waals surface area contributed by atoms with Gasteiger partial charge in [0.05, 0.1) is 6.04 Å². The molecule has 1 unspecified atom stereocenters. The number of nitrogens with one attached hydrogen (secondary N) is 1. The van der Waals surface area contributed by atoms with Crippen LogP contribution in [0.5, 0.6) is 0 Å². The Morgan fingerprint density at radius 2 is 2.36 bits per heavy atom. The van der Waals surface area contributed by atoms with Crippen LogP contribution in [0.4, 0.5) is 0 Å². The van der Waals surface area contributed by atoms with Crippen LogP contribution < -0.4 is 5.32 Å². The van der Waals surface area contributed by atoms with Gasteiger partial charge in [-0.25, -0.2) is 0 Å². The fourth-order valence-electron chi connectivity index (χ4n) is 0.660. The van der Waals surface area contributed by atoms with E-state index in [1.807, 2.05) is 13.8 Å². The Kier molecular flexibility index (Phi) is 2.53. The van der Waals surface area contributed by atoms with Crippen molar-refractivity contribution in [1.82, 2.24) is 15.5 Å². The molecule has 11 heavy (non-hydrogen) atoms. The number of carbonyl (C=O) groups is 1. The Balaban J connectivity index is 2.67. The van der Waals surface area contributed by atoms with Crippen molar-refractivity contribution in [3.63, 3.8) is 0 Å². The summed E-state index contributed by atoms with van der Waals surface area (Å²) < 4.78 is 0. The summed E-state index contributed by atoms with van der Waals surface area (Å²) in [6.45, 7) is 3.75. The van der Waals surface area contributed by atoms with Crippen molar-refractivity contribution in [3.8, 4) is 0 Å². The molecule has 0 bridgehead atoms. The molecule has 4 nitrogen and oxygen atoms in total. The molecule has 1 aromatic rings. The lowest BCUT2D eigenvalue weighted by atomic mass is 10.4.